The standard InChI is InChI=1S/C14H19N3O3/c15-13(16-20)10-4-3-5-11(8-10)14(19)17-7-2-1-6-12(17)9-18/h3-5,8,12,18,20H,1-2,6-7,9H2,(H2,15,16). The number of nitrogens with zero attached hydrogens (tertiary/aromatic N) is 2. The third-order valence-corrected chi connectivity index (χ3v) is 3.61. The fourth-order valence-electron chi connectivity index (χ4n) is 2.49. The number of piperidine rings is 1. The Bertz CT molecular complexity index is 516. The van der Waals surface area contributed by atoms with Gasteiger partial charge in [-0.05, 0) is 31.4 Å². The lowest BCUT2D eigenvalue weighted by atomic mass is 10.0. The maximum Gasteiger partial charge on any atom is 0.254 e. The summed E-state index contributed by atoms with van der Waals surface area (Å²) in [5.74, 6) is -0.159. The van der Waals surface area contributed by atoms with E-state index < -0.39 is 0 Å². The molecular weight excluding hydrogens is 258 g/mol. The number of likely N-dealkylation sites (tertiary alicyclic amines) is 1. The van der Waals surface area contributed by atoms with E-state index in [-0.39, 0.29) is 24.4 Å². The van der Waals surface area contributed by atoms with Gasteiger partial charge in [-0.15, -0.1) is 0 Å². The first-order valence-electron chi connectivity index (χ1n) is 6.67. The maximum absolute atomic E-state index is 12.5. The van der Waals surface area contributed by atoms with E-state index in [1.165, 1.54) is 0 Å². The number of carbonyl (C=O) groups is 1. The zero-order chi connectivity index (χ0) is 14.5. The Kier molecular flexibility index (Phi) is 4.57. The number of amidine groups is 1. The van der Waals surface area contributed by atoms with Crippen molar-refractivity contribution in [1.29, 1.82) is 0 Å². The first-order valence-corrected chi connectivity index (χ1v) is 6.67. The highest BCUT2D eigenvalue weighted by atomic mass is 16.4. The van der Waals surface area contributed by atoms with E-state index >= 15 is 0 Å². The van der Waals surface area contributed by atoms with Crippen molar-refractivity contribution < 1.29 is 15.1 Å². The number of aliphatic hydroxyl groups is 1. The molecule has 0 saturated carbocycles. The third-order valence-electron chi connectivity index (χ3n) is 3.61. The molecule has 1 fully saturated rings. The number of carbonyl (C=O) groups excluding carboxylic acids is 1. The highest BCUT2D eigenvalue weighted by molar-refractivity contribution is 6.01. The number of aliphatic hydroxyl groups excluding tert-OH is 1. The Balaban J connectivity index is 2.24. The van der Waals surface area contributed by atoms with Crippen LogP contribution in [0.1, 0.15) is 35.2 Å². The van der Waals surface area contributed by atoms with Crippen LogP contribution in [0.3, 0.4) is 0 Å². The van der Waals surface area contributed by atoms with Crippen molar-refractivity contribution in [3.8, 4) is 0 Å². The fourth-order valence-corrected chi connectivity index (χ4v) is 2.49. The minimum Gasteiger partial charge on any atom is -0.409 e. The minimum atomic E-state index is -0.128. The quantitative estimate of drug-likeness (QED) is 0.329. The van der Waals surface area contributed by atoms with Crippen molar-refractivity contribution in [1.82, 2.24) is 4.90 Å². The van der Waals surface area contributed by atoms with Gasteiger partial charge in [-0.2, -0.15) is 0 Å². The Hall–Kier alpha value is -2.08. The maximum atomic E-state index is 12.5. The van der Waals surface area contributed by atoms with Crippen LogP contribution in [0.4, 0.5) is 0 Å². The molecule has 0 radical (unpaired) electrons. The fraction of sp³-hybridized carbons (Fsp3) is 0.429. The van der Waals surface area contributed by atoms with Crippen LogP contribution in [0.5, 0.6) is 0 Å². The molecule has 0 spiro atoms. The molecule has 1 aliphatic heterocycles. The Morgan fingerprint density at radius 1 is 1.40 bits per heavy atom. The van der Waals surface area contributed by atoms with Gasteiger partial charge < -0.3 is 20.9 Å². The summed E-state index contributed by atoms with van der Waals surface area (Å²) in [6.45, 7) is 0.628. The van der Waals surface area contributed by atoms with Gasteiger partial charge >= 0.3 is 0 Å². The molecule has 1 heterocycles. The van der Waals surface area contributed by atoms with Gasteiger partial charge in [0.25, 0.3) is 5.91 Å². The lowest BCUT2D eigenvalue weighted by Gasteiger charge is -2.34. The molecule has 1 unspecified atom stereocenters. The van der Waals surface area contributed by atoms with E-state index in [0.717, 1.165) is 19.3 Å². The number of hydrogen-bond acceptors (Lipinski definition) is 4. The summed E-state index contributed by atoms with van der Waals surface area (Å²) in [6, 6.07) is 6.54. The van der Waals surface area contributed by atoms with Crippen molar-refractivity contribution in [2.45, 2.75) is 25.3 Å². The third kappa shape index (κ3) is 2.91. The topological polar surface area (TPSA) is 99.2 Å². The van der Waals surface area contributed by atoms with Gasteiger partial charge in [-0.1, -0.05) is 17.3 Å². The molecule has 1 aromatic rings. The smallest absolute Gasteiger partial charge is 0.254 e. The van der Waals surface area contributed by atoms with Crippen molar-refractivity contribution in [2.24, 2.45) is 10.9 Å². The van der Waals surface area contributed by atoms with Crippen LogP contribution in [-0.4, -0.2) is 46.1 Å². The molecule has 0 bridgehead atoms. The molecule has 108 valence electrons. The van der Waals surface area contributed by atoms with Crippen LogP contribution in [0.15, 0.2) is 29.4 Å². The number of rotatable bonds is 3. The lowest BCUT2D eigenvalue weighted by Crippen LogP contribution is -2.45. The lowest BCUT2D eigenvalue weighted by molar-refractivity contribution is 0.0503. The van der Waals surface area contributed by atoms with E-state index in [9.17, 15) is 9.90 Å². The highest BCUT2D eigenvalue weighted by Gasteiger charge is 2.26. The van der Waals surface area contributed by atoms with E-state index in [2.05, 4.69) is 5.16 Å². The van der Waals surface area contributed by atoms with Gasteiger partial charge in [0.1, 0.15) is 0 Å². The monoisotopic (exact) mass is 277 g/mol. The molecule has 0 aliphatic carbocycles. The van der Waals surface area contributed by atoms with Crippen molar-refractivity contribution in [3.05, 3.63) is 35.4 Å². The second-order valence-electron chi connectivity index (χ2n) is 4.90. The Morgan fingerprint density at radius 2 is 2.15 bits per heavy atom. The van der Waals surface area contributed by atoms with Crippen LogP contribution in [0.2, 0.25) is 0 Å². The number of amides is 1. The molecule has 1 saturated heterocycles. The number of oxime groups is 1. The van der Waals surface area contributed by atoms with Gasteiger partial charge in [0, 0.05) is 17.7 Å². The van der Waals surface area contributed by atoms with Gasteiger partial charge in [-0.3, -0.25) is 4.79 Å². The van der Waals surface area contributed by atoms with Crippen molar-refractivity contribution in [3.63, 3.8) is 0 Å². The Morgan fingerprint density at radius 3 is 2.85 bits per heavy atom. The summed E-state index contributed by atoms with van der Waals surface area (Å²) in [4.78, 5) is 14.2. The average Bonchev–Trinajstić information content (AvgIpc) is 2.53. The summed E-state index contributed by atoms with van der Waals surface area (Å²) in [5, 5.41) is 21.0. The van der Waals surface area contributed by atoms with E-state index in [4.69, 9.17) is 10.9 Å². The van der Waals surface area contributed by atoms with Gasteiger partial charge in [0.15, 0.2) is 5.84 Å². The molecule has 20 heavy (non-hydrogen) atoms. The number of hydrogen-bond donors (Lipinski definition) is 3. The summed E-state index contributed by atoms with van der Waals surface area (Å²) >= 11 is 0. The molecule has 6 heteroatoms. The number of benzene rings is 1. The van der Waals surface area contributed by atoms with Crippen LogP contribution < -0.4 is 5.73 Å². The molecule has 1 amide bonds. The van der Waals surface area contributed by atoms with Crippen LogP contribution in [-0.2, 0) is 0 Å². The average molecular weight is 277 g/mol. The summed E-state index contributed by atoms with van der Waals surface area (Å²) in [6.07, 6.45) is 2.80. The molecule has 0 aromatic heterocycles. The van der Waals surface area contributed by atoms with Gasteiger partial charge in [0.2, 0.25) is 0 Å². The summed E-state index contributed by atoms with van der Waals surface area (Å²) in [7, 11) is 0. The van der Waals surface area contributed by atoms with E-state index in [1.807, 2.05) is 0 Å². The van der Waals surface area contributed by atoms with Gasteiger partial charge in [0.05, 0.1) is 12.6 Å². The summed E-state index contributed by atoms with van der Waals surface area (Å²) in [5.41, 5.74) is 6.51. The van der Waals surface area contributed by atoms with Crippen LogP contribution in [0.25, 0.3) is 0 Å². The van der Waals surface area contributed by atoms with Crippen LogP contribution >= 0.6 is 0 Å². The predicted octanol–water partition coefficient (Wildman–Crippen LogP) is 0.768. The molecule has 4 N–H and O–H groups in total. The second kappa shape index (κ2) is 6.38. The summed E-state index contributed by atoms with van der Waals surface area (Å²) < 4.78 is 0. The first-order chi connectivity index (χ1) is 9.67. The van der Waals surface area contributed by atoms with Gasteiger partial charge in [-0.25, -0.2) is 0 Å². The normalized spacial score (nSPS) is 19.9. The van der Waals surface area contributed by atoms with E-state index in [0.29, 0.717) is 17.7 Å². The van der Waals surface area contributed by atoms with Crippen molar-refractivity contribution >= 4 is 11.7 Å². The molecular formula is C14H19N3O3. The molecule has 6 nitrogen and oxygen atoms in total. The largest absolute Gasteiger partial charge is 0.409 e. The van der Waals surface area contributed by atoms with Crippen LogP contribution in [0, 0.1) is 0 Å². The molecule has 2 rings (SSSR count). The molecule has 1 aliphatic rings. The first kappa shape index (κ1) is 14.3. The zero-order valence-corrected chi connectivity index (χ0v) is 11.2. The SMILES string of the molecule is NC(=NO)c1cccc(C(=O)N2CCCCC2CO)c1. The second-order valence-corrected chi connectivity index (χ2v) is 4.90. The zero-order valence-electron chi connectivity index (χ0n) is 11.2. The predicted molar refractivity (Wildman–Crippen MR) is 74.7 cm³/mol. The van der Waals surface area contributed by atoms with E-state index in [1.54, 1.807) is 29.2 Å². The minimum absolute atomic E-state index is 0.0222. The molecule has 1 aromatic carbocycles. The number of nitrogens with two attached hydrogens (primary N) is 1. The molecule has 1 atom stereocenters. The Labute approximate surface area is 117 Å². The van der Waals surface area contributed by atoms with Crippen molar-refractivity contribution in [2.75, 3.05) is 13.2 Å². The highest BCUT2D eigenvalue weighted by Crippen LogP contribution is 2.19.